The van der Waals surface area contributed by atoms with Gasteiger partial charge in [0.15, 0.2) is 12.4 Å². The van der Waals surface area contributed by atoms with E-state index in [1.165, 1.54) is 24.3 Å². The fourth-order valence-electron chi connectivity index (χ4n) is 2.35. The van der Waals surface area contributed by atoms with Crippen LogP contribution in [0, 0.1) is 5.82 Å². The summed E-state index contributed by atoms with van der Waals surface area (Å²) in [4.78, 5) is 31.2. The Morgan fingerprint density at radius 2 is 1.91 bits per heavy atom. The molecule has 0 aliphatic heterocycles. The molecule has 0 radical (unpaired) electrons. The number of carbonyl (C=O) groups excluding carboxylic acids is 2. The minimum Gasteiger partial charge on any atom is -0.456 e. The number of pyridine rings is 1. The molecule has 168 valence electrons. The molecular formula is C19H13ClF4N4O4. The third-order valence-corrected chi connectivity index (χ3v) is 4.19. The van der Waals surface area contributed by atoms with E-state index in [4.69, 9.17) is 20.9 Å². The molecule has 0 saturated heterocycles. The summed E-state index contributed by atoms with van der Waals surface area (Å²) in [6.07, 6.45) is -4.27. The molecule has 13 heteroatoms. The van der Waals surface area contributed by atoms with Crippen LogP contribution in [-0.4, -0.2) is 33.6 Å². The van der Waals surface area contributed by atoms with Crippen LogP contribution in [0.2, 0.25) is 5.02 Å². The predicted molar refractivity (Wildman–Crippen MR) is 102 cm³/mol. The summed E-state index contributed by atoms with van der Waals surface area (Å²) in [6, 6.07) is 6.02. The zero-order chi connectivity index (χ0) is 23.3. The summed E-state index contributed by atoms with van der Waals surface area (Å²) in [6.45, 7) is -0.706. The molecule has 3 rings (SSSR count). The van der Waals surface area contributed by atoms with Crippen molar-refractivity contribution in [1.29, 1.82) is 0 Å². The molecule has 0 bridgehead atoms. The second kappa shape index (κ2) is 9.73. The number of hydrogen-bond donors (Lipinski definition) is 1. The van der Waals surface area contributed by atoms with Gasteiger partial charge < -0.3 is 14.6 Å². The molecule has 8 nitrogen and oxygen atoms in total. The number of nitrogens with zero attached hydrogens (tertiary/aromatic N) is 3. The third-order valence-electron chi connectivity index (χ3n) is 3.90. The average molecular weight is 473 g/mol. The van der Waals surface area contributed by atoms with Gasteiger partial charge in [-0.15, -0.1) is 0 Å². The van der Waals surface area contributed by atoms with Gasteiger partial charge in [0.05, 0.1) is 17.0 Å². The Balaban J connectivity index is 1.45. The SMILES string of the molecule is O=C(COC(=O)CCc1nc(-c2ccc(F)cc2)no1)Nc1ncc(C(F)(F)F)cc1Cl. The number of ether oxygens (including phenoxy) is 1. The van der Waals surface area contributed by atoms with E-state index in [1.54, 1.807) is 0 Å². The Morgan fingerprint density at radius 3 is 2.56 bits per heavy atom. The van der Waals surface area contributed by atoms with Crippen molar-refractivity contribution in [1.82, 2.24) is 15.1 Å². The first-order valence-electron chi connectivity index (χ1n) is 8.88. The Bertz CT molecular complexity index is 1120. The maximum absolute atomic E-state index is 13.0. The first-order valence-corrected chi connectivity index (χ1v) is 9.26. The topological polar surface area (TPSA) is 107 Å². The number of hydrogen-bond acceptors (Lipinski definition) is 7. The van der Waals surface area contributed by atoms with E-state index in [9.17, 15) is 27.2 Å². The molecular weight excluding hydrogens is 460 g/mol. The lowest BCUT2D eigenvalue weighted by Crippen LogP contribution is -2.22. The predicted octanol–water partition coefficient (Wildman–Crippen LogP) is 4.06. The van der Waals surface area contributed by atoms with Crippen LogP contribution in [0.4, 0.5) is 23.4 Å². The highest BCUT2D eigenvalue weighted by atomic mass is 35.5. The maximum Gasteiger partial charge on any atom is 0.417 e. The number of anilines is 1. The second-order valence-electron chi connectivity index (χ2n) is 6.28. The number of benzene rings is 1. The van der Waals surface area contributed by atoms with Gasteiger partial charge in [-0.1, -0.05) is 16.8 Å². The van der Waals surface area contributed by atoms with Gasteiger partial charge in [0, 0.05) is 18.2 Å². The number of carbonyl (C=O) groups is 2. The fraction of sp³-hybridized carbons (Fsp3) is 0.211. The molecule has 1 N–H and O–H groups in total. The van der Waals surface area contributed by atoms with Crippen molar-refractivity contribution in [2.45, 2.75) is 19.0 Å². The lowest BCUT2D eigenvalue weighted by molar-refractivity contribution is -0.147. The van der Waals surface area contributed by atoms with Crippen molar-refractivity contribution >= 4 is 29.3 Å². The van der Waals surface area contributed by atoms with Crippen LogP contribution in [0.5, 0.6) is 0 Å². The quantitative estimate of drug-likeness (QED) is 0.408. The lowest BCUT2D eigenvalue weighted by Gasteiger charge is -2.10. The monoisotopic (exact) mass is 472 g/mol. The van der Waals surface area contributed by atoms with Gasteiger partial charge in [0.1, 0.15) is 5.82 Å². The molecule has 1 amide bonds. The van der Waals surface area contributed by atoms with Crippen LogP contribution in [-0.2, 0) is 26.9 Å². The van der Waals surface area contributed by atoms with Gasteiger partial charge in [-0.25, -0.2) is 9.37 Å². The van der Waals surface area contributed by atoms with Gasteiger partial charge in [-0.2, -0.15) is 18.2 Å². The summed E-state index contributed by atoms with van der Waals surface area (Å²) in [7, 11) is 0. The van der Waals surface area contributed by atoms with E-state index in [0.717, 1.165) is 0 Å². The summed E-state index contributed by atoms with van der Waals surface area (Å²) >= 11 is 5.69. The van der Waals surface area contributed by atoms with Crippen molar-refractivity contribution in [2.24, 2.45) is 0 Å². The van der Waals surface area contributed by atoms with Crippen molar-refractivity contribution < 1.29 is 36.4 Å². The van der Waals surface area contributed by atoms with Crippen LogP contribution in [0.1, 0.15) is 17.9 Å². The maximum atomic E-state index is 13.0. The van der Waals surface area contributed by atoms with Crippen LogP contribution < -0.4 is 5.32 Å². The number of aryl methyl sites for hydroxylation is 1. The normalized spacial score (nSPS) is 11.3. The smallest absolute Gasteiger partial charge is 0.417 e. The van der Waals surface area contributed by atoms with E-state index in [0.29, 0.717) is 17.8 Å². The Hall–Kier alpha value is -3.54. The van der Waals surface area contributed by atoms with Gasteiger partial charge in [0.25, 0.3) is 5.91 Å². The van der Waals surface area contributed by atoms with Crippen molar-refractivity contribution in [3.8, 4) is 11.4 Å². The first-order chi connectivity index (χ1) is 15.1. The van der Waals surface area contributed by atoms with Gasteiger partial charge in [0.2, 0.25) is 11.7 Å². The molecule has 32 heavy (non-hydrogen) atoms. The van der Waals surface area contributed by atoms with E-state index in [-0.39, 0.29) is 30.4 Å². The first kappa shape index (κ1) is 23.1. The highest BCUT2D eigenvalue weighted by Crippen LogP contribution is 2.32. The molecule has 2 aromatic heterocycles. The minimum absolute atomic E-state index is 0.0287. The second-order valence-corrected chi connectivity index (χ2v) is 6.69. The van der Waals surface area contributed by atoms with E-state index >= 15 is 0 Å². The molecule has 0 atom stereocenters. The molecule has 1 aromatic carbocycles. The molecule has 0 fully saturated rings. The molecule has 0 aliphatic carbocycles. The van der Waals surface area contributed by atoms with Crippen molar-refractivity contribution in [3.05, 3.63) is 58.8 Å². The van der Waals surface area contributed by atoms with Gasteiger partial charge in [-0.3, -0.25) is 9.59 Å². The zero-order valence-corrected chi connectivity index (χ0v) is 16.7. The standard InChI is InChI=1S/C19H13ClF4N4O4/c20-13-7-11(19(22,23)24)8-25-18(13)26-14(29)9-31-16(30)6-5-15-27-17(28-32-15)10-1-3-12(21)4-2-10/h1-4,7-8H,5-6,9H2,(H,25,26,29). The highest BCUT2D eigenvalue weighted by molar-refractivity contribution is 6.33. The lowest BCUT2D eigenvalue weighted by atomic mass is 10.2. The molecule has 0 aliphatic rings. The number of rotatable bonds is 7. The number of esters is 1. The highest BCUT2D eigenvalue weighted by Gasteiger charge is 2.31. The molecule has 0 spiro atoms. The number of alkyl halides is 3. The van der Waals surface area contributed by atoms with Crippen LogP contribution in [0.15, 0.2) is 41.1 Å². The third kappa shape index (κ3) is 6.23. The van der Waals surface area contributed by atoms with E-state index in [1.807, 2.05) is 0 Å². The Kier molecular flexibility index (Phi) is 7.03. The molecule has 0 unspecified atom stereocenters. The number of nitrogens with one attached hydrogen (secondary N) is 1. The number of halogens is 5. The van der Waals surface area contributed by atoms with Gasteiger partial charge >= 0.3 is 12.1 Å². The average Bonchev–Trinajstić information content (AvgIpc) is 3.21. The van der Waals surface area contributed by atoms with Crippen molar-refractivity contribution in [3.63, 3.8) is 0 Å². The van der Waals surface area contributed by atoms with Crippen LogP contribution in [0.3, 0.4) is 0 Å². The Morgan fingerprint density at radius 1 is 1.19 bits per heavy atom. The molecule has 0 saturated carbocycles. The zero-order valence-electron chi connectivity index (χ0n) is 15.9. The van der Waals surface area contributed by atoms with Crippen LogP contribution >= 0.6 is 11.6 Å². The van der Waals surface area contributed by atoms with E-state index in [2.05, 4.69) is 20.4 Å². The van der Waals surface area contributed by atoms with Gasteiger partial charge in [-0.05, 0) is 30.3 Å². The number of aromatic nitrogens is 3. The molecule has 3 aromatic rings. The van der Waals surface area contributed by atoms with E-state index < -0.39 is 41.1 Å². The fourth-order valence-corrected chi connectivity index (χ4v) is 2.57. The number of amides is 1. The molecule has 2 heterocycles. The minimum atomic E-state index is -4.63. The van der Waals surface area contributed by atoms with Crippen LogP contribution in [0.25, 0.3) is 11.4 Å². The van der Waals surface area contributed by atoms with Crippen molar-refractivity contribution in [2.75, 3.05) is 11.9 Å². The summed E-state index contributed by atoms with van der Waals surface area (Å²) in [5.74, 6) is -1.97. The summed E-state index contributed by atoms with van der Waals surface area (Å²) in [5.41, 5.74) is -0.549. The summed E-state index contributed by atoms with van der Waals surface area (Å²) in [5, 5.41) is 5.46. The largest absolute Gasteiger partial charge is 0.456 e. The Labute approximate surface area is 182 Å². The summed E-state index contributed by atoms with van der Waals surface area (Å²) < 4.78 is 60.5.